The molecule has 0 unspecified atom stereocenters. The summed E-state index contributed by atoms with van der Waals surface area (Å²) in [6, 6.07) is 5.41. The predicted octanol–water partition coefficient (Wildman–Crippen LogP) is 1.24. The second-order valence-corrected chi connectivity index (χ2v) is 4.18. The highest BCUT2D eigenvalue weighted by atomic mass is 19.1. The quantitative estimate of drug-likeness (QED) is 0.483. The maximum absolute atomic E-state index is 12.8. The minimum absolute atomic E-state index is 0.00836. The molecule has 2 rings (SSSR count). The number of halogens is 1. The van der Waals surface area contributed by atoms with E-state index in [1.54, 1.807) is 0 Å². The highest BCUT2D eigenvalue weighted by molar-refractivity contribution is 6.19. The van der Waals surface area contributed by atoms with Crippen LogP contribution in [0.2, 0.25) is 0 Å². The van der Waals surface area contributed by atoms with Gasteiger partial charge in [-0.2, -0.15) is 0 Å². The Bertz CT molecular complexity index is 567. The van der Waals surface area contributed by atoms with Gasteiger partial charge in [0.15, 0.2) is 12.2 Å². The molecule has 1 aromatic rings. The van der Waals surface area contributed by atoms with Gasteiger partial charge in [-0.25, -0.2) is 9.18 Å². The van der Waals surface area contributed by atoms with E-state index < -0.39 is 17.6 Å². The van der Waals surface area contributed by atoms with Gasteiger partial charge in [0.2, 0.25) is 11.7 Å². The summed E-state index contributed by atoms with van der Waals surface area (Å²) in [7, 11) is 1.47. The molecular weight excluding hydrogens is 281 g/mol. The van der Waals surface area contributed by atoms with Crippen LogP contribution in [0.5, 0.6) is 0 Å². The lowest BCUT2D eigenvalue weighted by atomic mass is 10.2. The first-order valence-electron chi connectivity index (χ1n) is 6.20. The Kier molecular flexibility index (Phi) is 4.89. The number of methoxy groups -OCH3 is 1. The fourth-order valence-corrected chi connectivity index (χ4v) is 1.67. The molecule has 1 aliphatic heterocycles. The van der Waals surface area contributed by atoms with Crippen molar-refractivity contribution in [3.8, 4) is 0 Å². The van der Waals surface area contributed by atoms with Gasteiger partial charge in [0, 0.05) is 12.8 Å². The smallest absolute Gasteiger partial charge is 0.347 e. The number of ketones is 1. The number of rotatable bonds is 6. The molecule has 0 saturated heterocycles. The van der Waals surface area contributed by atoms with Gasteiger partial charge in [0.05, 0.1) is 6.61 Å². The summed E-state index contributed by atoms with van der Waals surface area (Å²) in [5.74, 6) is -1.63. The van der Waals surface area contributed by atoms with E-state index in [2.05, 4.69) is 5.32 Å². The largest absolute Gasteiger partial charge is 0.470 e. The predicted molar refractivity (Wildman–Crippen MR) is 70.8 cm³/mol. The van der Waals surface area contributed by atoms with E-state index in [9.17, 15) is 14.0 Å². The van der Waals surface area contributed by atoms with E-state index in [1.807, 2.05) is 0 Å². The molecule has 1 N–H and O–H groups in total. The summed E-state index contributed by atoms with van der Waals surface area (Å²) in [5, 5.41) is 2.76. The fraction of sp³-hybridized carbons (Fsp3) is 0.286. The molecule has 1 aliphatic rings. The number of benzene rings is 1. The van der Waals surface area contributed by atoms with E-state index in [0.29, 0.717) is 5.69 Å². The molecule has 7 heteroatoms. The van der Waals surface area contributed by atoms with Crippen molar-refractivity contribution in [2.75, 3.05) is 32.2 Å². The number of ether oxygens (including phenoxy) is 3. The van der Waals surface area contributed by atoms with Gasteiger partial charge in [-0.3, -0.25) is 4.79 Å². The topological polar surface area (TPSA) is 73.9 Å². The van der Waals surface area contributed by atoms with Crippen LogP contribution >= 0.6 is 0 Å². The zero-order valence-electron chi connectivity index (χ0n) is 11.3. The van der Waals surface area contributed by atoms with Crippen LogP contribution in [0, 0.1) is 5.82 Å². The number of nitrogens with one attached hydrogen (secondary N) is 1. The molecule has 0 aliphatic carbocycles. The van der Waals surface area contributed by atoms with Crippen LogP contribution in [0.1, 0.15) is 0 Å². The molecule has 21 heavy (non-hydrogen) atoms. The fourth-order valence-electron chi connectivity index (χ4n) is 1.67. The van der Waals surface area contributed by atoms with E-state index in [4.69, 9.17) is 14.2 Å². The van der Waals surface area contributed by atoms with Crippen molar-refractivity contribution in [1.82, 2.24) is 0 Å². The standard InChI is InChI=1S/C14H14FNO5/c1-19-6-7-20-14(18)12-11(17)8-21-13(12)16-10-4-2-9(15)3-5-10/h2-5,16H,6-8H2,1H3. The lowest BCUT2D eigenvalue weighted by Crippen LogP contribution is -2.18. The molecule has 0 radical (unpaired) electrons. The average Bonchev–Trinajstić information content (AvgIpc) is 2.82. The molecular formula is C14H14FNO5. The Labute approximate surface area is 120 Å². The maximum atomic E-state index is 12.8. The second-order valence-electron chi connectivity index (χ2n) is 4.18. The Morgan fingerprint density at radius 2 is 2.05 bits per heavy atom. The molecule has 0 saturated carbocycles. The monoisotopic (exact) mass is 295 g/mol. The molecule has 0 bridgehead atoms. The summed E-state index contributed by atoms with van der Waals surface area (Å²) in [4.78, 5) is 23.5. The molecule has 6 nitrogen and oxygen atoms in total. The molecule has 1 heterocycles. The van der Waals surface area contributed by atoms with E-state index in [1.165, 1.54) is 31.4 Å². The third kappa shape index (κ3) is 3.79. The lowest BCUT2D eigenvalue weighted by molar-refractivity contribution is -0.141. The van der Waals surface area contributed by atoms with E-state index in [0.717, 1.165) is 0 Å². The van der Waals surface area contributed by atoms with Crippen molar-refractivity contribution in [2.45, 2.75) is 0 Å². The van der Waals surface area contributed by atoms with E-state index in [-0.39, 0.29) is 31.3 Å². The summed E-state index contributed by atoms with van der Waals surface area (Å²) in [6.07, 6.45) is 0. The van der Waals surface area contributed by atoms with E-state index >= 15 is 0 Å². The number of Topliss-reactive ketones (excluding diaryl/α,β-unsaturated/α-hetero) is 1. The van der Waals surface area contributed by atoms with Crippen LogP contribution in [0.15, 0.2) is 35.7 Å². The number of carbonyl (C=O) groups is 2. The third-order valence-corrected chi connectivity index (χ3v) is 2.68. The third-order valence-electron chi connectivity index (χ3n) is 2.68. The average molecular weight is 295 g/mol. The van der Waals surface area contributed by atoms with Crippen molar-refractivity contribution in [3.05, 3.63) is 41.5 Å². The second kappa shape index (κ2) is 6.85. The Morgan fingerprint density at radius 3 is 2.71 bits per heavy atom. The SMILES string of the molecule is COCCOC(=O)C1=C(Nc2ccc(F)cc2)OCC1=O. The summed E-state index contributed by atoms with van der Waals surface area (Å²) in [5.41, 5.74) is 0.304. The van der Waals surface area contributed by atoms with Gasteiger partial charge in [-0.05, 0) is 24.3 Å². The van der Waals surface area contributed by atoms with Gasteiger partial charge in [0.25, 0.3) is 0 Å². The first kappa shape index (κ1) is 15.0. The van der Waals surface area contributed by atoms with Crippen LogP contribution < -0.4 is 5.32 Å². The van der Waals surface area contributed by atoms with Crippen molar-refractivity contribution >= 4 is 17.4 Å². The van der Waals surface area contributed by atoms with Crippen molar-refractivity contribution in [3.63, 3.8) is 0 Å². The van der Waals surface area contributed by atoms with Crippen molar-refractivity contribution < 1.29 is 28.2 Å². The van der Waals surface area contributed by atoms with Crippen LogP contribution in [0.4, 0.5) is 10.1 Å². The van der Waals surface area contributed by atoms with Gasteiger partial charge in [-0.1, -0.05) is 0 Å². The maximum Gasteiger partial charge on any atom is 0.347 e. The Hall–Kier alpha value is -2.41. The minimum atomic E-state index is -0.779. The van der Waals surface area contributed by atoms with Crippen molar-refractivity contribution in [2.24, 2.45) is 0 Å². The molecule has 0 fully saturated rings. The van der Waals surface area contributed by atoms with Gasteiger partial charge < -0.3 is 19.5 Å². The number of anilines is 1. The zero-order valence-corrected chi connectivity index (χ0v) is 11.3. The molecule has 0 atom stereocenters. The number of hydrogen-bond donors (Lipinski definition) is 1. The number of hydrogen-bond acceptors (Lipinski definition) is 6. The minimum Gasteiger partial charge on any atom is -0.470 e. The molecule has 0 amide bonds. The summed E-state index contributed by atoms with van der Waals surface area (Å²) >= 11 is 0. The molecule has 112 valence electrons. The highest BCUT2D eigenvalue weighted by Gasteiger charge is 2.32. The highest BCUT2D eigenvalue weighted by Crippen LogP contribution is 2.20. The van der Waals surface area contributed by atoms with Gasteiger partial charge in [0.1, 0.15) is 12.4 Å². The lowest BCUT2D eigenvalue weighted by Gasteiger charge is -2.09. The van der Waals surface area contributed by atoms with Crippen LogP contribution in [-0.2, 0) is 23.8 Å². The van der Waals surface area contributed by atoms with Gasteiger partial charge in [-0.15, -0.1) is 0 Å². The summed E-state index contributed by atoms with van der Waals surface area (Å²) < 4.78 is 27.6. The van der Waals surface area contributed by atoms with Crippen LogP contribution in [0.25, 0.3) is 0 Å². The molecule has 0 aromatic heterocycles. The summed E-state index contributed by atoms with van der Waals surface area (Å²) in [6.45, 7) is 0.0307. The number of esters is 1. The normalized spacial score (nSPS) is 14.1. The molecule has 0 spiro atoms. The van der Waals surface area contributed by atoms with Crippen molar-refractivity contribution in [1.29, 1.82) is 0 Å². The Morgan fingerprint density at radius 1 is 1.33 bits per heavy atom. The first-order valence-corrected chi connectivity index (χ1v) is 6.20. The zero-order chi connectivity index (χ0) is 15.2. The first-order chi connectivity index (χ1) is 10.1. The Balaban J connectivity index is 2.11. The molecule has 1 aromatic carbocycles. The van der Waals surface area contributed by atoms with Gasteiger partial charge >= 0.3 is 5.97 Å². The van der Waals surface area contributed by atoms with Crippen LogP contribution in [0.3, 0.4) is 0 Å². The number of carbonyl (C=O) groups excluding carboxylic acids is 2. The van der Waals surface area contributed by atoms with Crippen LogP contribution in [-0.4, -0.2) is 38.7 Å².